The number of carbonyl (C=O) groups excluding carboxylic acids is 3. The van der Waals surface area contributed by atoms with Crippen molar-refractivity contribution in [3.63, 3.8) is 0 Å². The summed E-state index contributed by atoms with van der Waals surface area (Å²) in [7, 11) is 1.53. The molecule has 2 aliphatic rings. The molecule has 0 saturated carbocycles. The Kier molecular flexibility index (Phi) is 11.3. The normalized spacial score (nSPS) is 18.0. The number of carbonyl (C=O) groups is 4. The minimum absolute atomic E-state index is 0.143. The standard InChI is InChI=1S/C34H36N4O8.CH2O2/c1-3-14-37-19-31(39)35-25-13-15-36(32(40)20-38-26-9-4-5-10-27(26)46-34(38)42)18-30(25)44-21-22-7-6-8-24(16-22)45-29-17-23(33(37)41)11-12-28(29)43-2;2-1-3/h4-12,16-17,25,30H,3,13-15,18-21H2,1-2H3,(H,35,39);1H,(H,2,3)/t25-,30-;/m0./s1. The smallest absolute Gasteiger partial charge is 0.420 e. The minimum Gasteiger partial charge on any atom is -0.493 e. The van der Waals surface area contributed by atoms with Gasteiger partial charge in [0.2, 0.25) is 11.8 Å². The van der Waals surface area contributed by atoms with Crippen LogP contribution in [0.25, 0.3) is 11.1 Å². The second-order valence-electron chi connectivity index (χ2n) is 11.5. The van der Waals surface area contributed by atoms with E-state index in [0.29, 0.717) is 59.8 Å². The third kappa shape index (κ3) is 8.27. The molecule has 0 spiro atoms. The van der Waals surface area contributed by atoms with Crippen LogP contribution in [0.2, 0.25) is 0 Å². The summed E-state index contributed by atoms with van der Waals surface area (Å²) < 4.78 is 24.6. The molecule has 1 saturated heterocycles. The van der Waals surface area contributed by atoms with E-state index in [0.717, 1.165) is 5.56 Å². The van der Waals surface area contributed by atoms with Gasteiger partial charge in [0.15, 0.2) is 17.1 Å². The average Bonchev–Trinajstić information content (AvgIpc) is 3.41. The first-order valence-electron chi connectivity index (χ1n) is 15.8. The van der Waals surface area contributed by atoms with Crippen LogP contribution in [0, 0.1) is 0 Å². The Hall–Kier alpha value is -5.63. The number of methoxy groups -OCH3 is 1. The van der Waals surface area contributed by atoms with Gasteiger partial charge in [0.25, 0.3) is 12.4 Å². The number of benzene rings is 3. The number of hydrogen-bond acceptors (Lipinski definition) is 9. The molecule has 3 amide bonds. The van der Waals surface area contributed by atoms with E-state index in [1.54, 1.807) is 53.4 Å². The van der Waals surface area contributed by atoms with Gasteiger partial charge in [-0.2, -0.15) is 0 Å². The zero-order chi connectivity index (χ0) is 34.9. The fraction of sp³-hybridized carbons (Fsp3) is 0.343. The Balaban J connectivity index is 0.00000151. The van der Waals surface area contributed by atoms with E-state index in [1.165, 1.54) is 16.6 Å². The van der Waals surface area contributed by atoms with Crippen molar-refractivity contribution in [3.05, 3.63) is 88.4 Å². The number of rotatable bonds is 5. The minimum atomic E-state index is -0.602. The lowest BCUT2D eigenvalue weighted by atomic mass is 10.0. The molecule has 2 aliphatic heterocycles. The fourth-order valence-electron chi connectivity index (χ4n) is 5.93. The number of hydrogen-bond donors (Lipinski definition) is 2. The first kappa shape index (κ1) is 34.7. The van der Waals surface area contributed by atoms with Gasteiger partial charge in [-0.1, -0.05) is 31.2 Å². The van der Waals surface area contributed by atoms with Crippen molar-refractivity contribution in [3.8, 4) is 17.2 Å². The van der Waals surface area contributed by atoms with Crippen molar-refractivity contribution in [2.75, 3.05) is 33.3 Å². The van der Waals surface area contributed by atoms with Crippen LogP contribution in [0.3, 0.4) is 0 Å². The summed E-state index contributed by atoms with van der Waals surface area (Å²) in [5.74, 6) is -0.139. The second-order valence-corrected chi connectivity index (χ2v) is 11.5. The van der Waals surface area contributed by atoms with Crippen LogP contribution >= 0.6 is 0 Å². The zero-order valence-corrected chi connectivity index (χ0v) is 27.2. The van der Waals surface area contributed by atoms with Crippen LogP contribution in [0.15, 0.2) is 75.9 Å². The van der Waals surface area contributed by atoms with Crippen molar-refractivity contribution >= 4 is 35.3 Å². The van der Waals surface area contributed by atoms with Crippen molar-refractivity contribution < 1.29 is 42.9 Å². The Morgan fingerprint density at radius 2 is 1.88 bits per heavy atom. The molecule has 3 heterocycles. The van der Waals surface area contributed by atoms with E-state index in [1.807, 2.05) is 25.1 Å². The van der Waals surface area contributed by atoms with Crippen LogP contribution in [-0.2, 0) is 32.3 Å². The molecule has 1 fully saturated rings. The lowest BCUT2D eigenvalue weighted by Crippen LogP contribution is -2.58. The van der Waals surface area contributed by atoms with E-state index in [4.69, 9.17) is 28.5 Å². The Morgan fingerprint density at radius 1 is 1.08 bits per heavy atom. The molecule has 258 valence electrons. The molecule has 0 unspecified atom stereocenters. The summed E-state index contributed by atoms with van der Waals surface area (Å²) in [6.07, 6.45) is 0.530. The van der Waals surface area contributed by atoms with Gasteiger partial charge < -0.3 is 38.9 Å². The quantitative estimate of drug-likeness (QED) is 0.300. The van der Waals surface area contributed by atoms with Crippen molar-refractivity contribution in [1.82, 2.24) is 19.7 Å². The molecular weight excluding hydrogens is 636 g/mol. The molecule has 3 aromatic carbocycles. The molecular formula is C35H38N4O10. The van der Waals surface area contributed by atoms with Crippen LogP contribution in [0.1, 0.15) is 35.7 Å². The number of para-hydroxylation sites is 2. The van der Waals surface area contributed by atoms with Gasteiger partial charge in [0.05, 0.1) is 37.9 Å². The number of fused-ring (bicyclic) bond motifs is 6. The molecule has 2 atom stereocenters. The molecule has 0 radical (unpaired) electrons. The summed E-state index contributed by atoms with van der Waals surface area (Å²) in [5.41, 5.74) is 2.14. The maximum absolute atomic E-state index is 13.6. The highest BCUT2D eigenvalue weighted by atomic mass is 16.5. The van der Waals surface area contributed by atoms with Crippen molar-refractivity contribution in [1.29, 1.82) is 0 Å². The zero-order valence-electron chi connectivity index (χ0n) is 27.2. The molecule has 14 heteroatoms. The maximum Gasteiger partial charge on any atom is 0.420 e. The van der Waals surface area contributed by atoms with Gasteiger partial charge in [-0.15, -0.1) is 0 Å². The number of nitrogens with one attached hydrogen (secondary N) is 1. The number of aromatic nitrogens is 1. The molecule has 4 aromatic rings. The highest BCUT2D eigenvalue weighted by Gasteiger charge is 2.34. The third-order valence-electron chi connectivity index (χ3n) is 8.24. The van der Waals surface area contributed by atoms with E-state index in [-0.39, 0.29) is 50.4 Å². The van der Waals surface area contributed by atoms with Gasteiger partial charge in [0.1, 0.15) is 12.3 Å². The Bertz CT molecular complexity index is 1870. The predicted molar refractivity (Wildman–Crippen MR) is 177 cm³/mol. The van der Waals surface area contributed by atoms with Crippen LogP contribution < -0.4 is 20.5 Å². The highest BCUT2D eigenvalue weighted by molar-refractivity contribution is 5.97. The number of piperidine rings is 1. The molecule has 14 nitrogen and oxygen atoms in total. The summed E-state index contributed by atoms with van der Waals surface area (Å²) in [5, 5.41) is 9.96. The number of carboxylic acid groups (broad SMARTS) is 1. The van der Waals surface area contributed by atoms with E-state index in [2.05, 4.69) is 5.32 Å². The fourth-order valence-corrected chi connectivity index (χ4v) is 5.93. The largest absolute Gasteiger partial charge is 0.493 e. The van der Waals surface area contributed by atoms with Gasteiger partial charge in [0, 0.05) is 25.2 Å². The molecule has 6 rings (SSSR count). The van der Waals surface area contributed by atoms with Gasteiger partial charge in [-0.05, 0) is 60.9 Å². The number of amides is 3. The highest BCUT2D eigenvalue weighted by Crippen LogP contribution is 2.33. The lowest BCUT2D eigenvalue weighted by Gasteiger charge is -2.39. The topological polar surface area (TPSA) is 170 Å². The van der Waals surface area contributed by atoms with Gasteiger partial charge >= 0.3 is 5.76 Å². The first-order chi connectivity index (χ1) is 23.7. The number of likely N-dealkylation sites (tertiary alicyclic amines) is 1. The second kappa shape index (κ2) is 16.0. The molecule has 2 N–H and O–H groups in total. The third-order valence-corrected chi connectivity index (χ3v) is 8.24. The van der Waals surface area contributed by atoms with Gasteiger partial charge in [-0.3, -0.25) is 23.7 Å². The van der Waals surface area contributed by atoms with E-state index >= 15 is 0 Å². The molecule has 4 bridgehead atoms. The average molecular weight is 675 g/mol. The van der Waals surface area contributed by atoms with Crippen molar-refractivity contribution in [2.45, 2.75) is 45.1 Å². The van der Waals surface area contributed by atoms with Crippen LogP contribution in [-0.4, -0.2) is 89.1 Å². The molecule has 0 aliphatic carbocycles. The van der Waals surface area contributed by atoms with Crippen LogP contribution in [0.4, 0.5) is 0 Å². The maximum atomic E-state index is 13.6. The summed E-state index contributed by atoms with van der Waals surface area (Å²) in [6, 6.07) is 18.9. The van der Waals surface area contributed by atoms with E-state index in [9.17, 15) is 19.2 Å². The monoisotopic (exact) mass is 674 g/mol. The summed E-state index contributed by atoms with van der Waals surface area (Å²) >= 11 is 0. The first-order valence-corrected chi connectivity index (χ1v) is 15.8. The number of nitrogens with zero attached hydrogens (tertiary/aromatic N) is 3. The molecule has 49 heavy (non-hydrogen) atoms. The lowest BCUT2D eigenvalue weighted by molar-refractivity contribution is -0.138. The Labute approximate surface area is 281 Å². The number of ether oxygens (including phenoxy) is 3. The summed E-state index contributed by atoms with van der Waals surface area (Å²) in [6.45, 7) is 2.49. The van der Waals surface area contributed by atoms with Gasteiger partial charge in [-0.25, -0.2) is 4.79 Å². The SMILES string of the molecule is CCCN1CC(=O)N[C@H]2CCN(C(=O)Cn3c(=O)oc4ccccc43)C[C@@H]2OCc2cccc(c2)Oc2cc(ccc2OC)C1=O.O=CO. The molecule has 1 aromatic heterocycles. The van der Waals surface area contributed by atoms with Crippen molar-refractivity contribution in [2.24, 2.45) is 0 Å². The van der Waals surface area contributed by atoms with E-state index < -0.39 is 17.9 Å². The predicted octanol–water partition coefficient (Wildman–Crippen LogP) is 3.26. The number of oxazole rings is 1. The summed E-state index contributed by atoms with van der Waals surface area (Å²) in [4.78, 5) is 64.5. The Morgan fingerprint density at radius 3 is 2.65 bits per heavy atom. The van der Waals surface area contributed by atoms with Crippen LogP contribution in [0.5, 0.6) is 17.2 Å².